The number of rotatable bonds is 11. The summed E-state index contributed by atoms with van der Waals surface area (Å²) in [7, 11) is 0. The standard InChI is InChI=1S/C26H29BrClNO2/c1-3-30-25-16-22(17-29-19(2)12-13-20-8-5-4-6-9-20)15-24(27)26(25)31-18-21-10-7-11-23(28)14-21/h4-11,14-16,19,29H,3,12-13,17-18H2,1-2H3. The Morgan fingerprint density at radius 1 is 0.935 bits per heavy atom. The second-order valence-corrected chi connectivity index (χ2v) is 8.85. The zero-order chi connectivity index (χ0) is 22.1. The van der Waals surface area contributed by atoms with Crippen LogP contribution >= 0.6 is 27.5 Å². The Labute approximate surface area is 198 Å². The summed E-state index contributed by atoms with van der Waals surface area (Å²) in [6.45, 7) is 5.97. The monoisotopic (exact) mass is 501 g/mol. The molecule has 0 aliphatic rings. The highest BCUT2D eigenvalue weighted by Crippen LogP contribution is 2.37. The van der Waals surface area contributed by atoms with E-state index in [0.717, 1.165) is 40.7 Å². The van der Waals surface area contributed by atoms with E-state index in [4.69, 9.17) is 21.1 Å². The quantitative estimate of drug-likeness (QED) is 0.301. The molecule has 3 aromatic carbocycles. The van der Waals surface area contributed by atoms with Gasteiger partial charge in [0, 0.05) is 17.6 Å². The molecule has 0 radical (unpaired) electrons. The molecule has 3 aromatic rings. The van der Waals surface area contributed by atoms with Gasteiger partial charge in [-0.25, -0.2) is 0 Å². The number of halogens is 2. The van der Waals surface area contributed by atoms with Crippen LogP contribution in [-0.4, -0.2) is 12.6 Å². The summed E-state index contributed by atoms with van der Waals surface area (Å²) in [5.74, 6) is 1.45. The first-order valence-electron chi connectivity index (χ1n) is 10.6. The lowest BCUT2D eigenvalue weighted by atomic mass is 10.1. The van der Waals surface area contributed by atoms with Crippen molar-refractivity contribution in [1.82, 2.24) is 5.32 Å². The molecule has 0 saturated heterocycles. The van der Waals surface area contributed by atoms with Gasteiger partial charge in [-0.15, -0.1) is 0 Å². The number of benzene rings is 3. The van der Waals surface area contributed by atoms with E-state index in [1.165, 1.54) is 5.56 Å². The van der Waals surface area contributed by atoms with Gasteiger partial charge in [-0.2, -0.15) is 0 Å². The molecular formula is C26H29BrClNO2. The zero-order valence-electron chi connectivity index (χ0n) is 18.0. The first-order chi connectivity index (χ1) is 15.0. The summed E-state index contributed by atoms with van der Waals surface area (Å²) in [4.78, 5) is 0. The molecule has 0 amide bonds. The summed E-state index contributed by atoms with van der Waals surface area (Å²) in [6.07, 6.45) is 2.16. The Hall–Kier alpha value is -2.01. The molecule has 0 fully saturated rings. The molecule has 3 rings (SSSR count). The maximum atomic E-state index is 6.08. The lowest BCUT2D eigenvalue weighted by Gasteiger charge is -2.18. The molecule has 1 unspecified atom stereocenters. The molecule has 0 aromatic heterocycles. The van der Waals surface area contributed by atoms with Crippen LogP contribution in [0.1, 0.15) is 37.0 Å². The molecule has 3 nitrogen and oxygen atoms in total. The third-order valence-corrected chi connectivity index (χ3v) is 5.83. The molecule has 0 saturated carbocycles. The Balaban J connectivity index is 1.60. The van der Waals surface area contributed by atoms with Gasteiger partial charge in [0.2, 0.25) is 0 Å². The highest BCUT2D eigenvalue weighted by atomic mass is 79.9. The molecule has 164 valence electrons. The van der Waals surface area contributed by atoms with Crippen molar-refractivity contribution in [3.8, 4) is 11.5 Å². The van der Waals surface area contributed by atoms with Gasteiger partial charge in [-0.3, -0.25) is 0 Å². The number of ether oxygens (including phenoxy) is 2. The fourth-order valence-corrected chi connectivity index (χ4v) is 4.15. The van der Waals surface area contributed by atoms with Crippen LogP contribution in [0.25, 0.3) is 0 Å². The summed E-state index contributed by atoms with van der Waals surface area (Å²) < 4.78 is 12.8. The van der Waals surface area contributed by atoms with Crippen molar-refractivity contribution in [3.05, 3.63) is 92.9 Å². The fraction of sp³-hybridized carbons (Fsp3) is 0.308. The normalized spacial score (nSPS) is 11.9. The molecule has 31 heavy (non-hydrogen) atoms. The van der Waals surface area contributed by atoms with E-state index in [0.29, 0.717) is 30.0 Å². The van der Waals surface area contributed by atoms with Crippen LogP contribution in [0.15, 0.2) is 71.2 Å². The van der Waals surface area contributed by atoms with Gasteiger partial charge in [0.05, 0.1) is 11.1 Å². The van der Waals surface area contributed by atoms with E-state index in [1.54, 1.807) is 0 Å². The highest BCUT2D eigenvalue weighted by Gasteiger charge is 2.13. The third-order valence-electron chi connectivity index (χ3n) is 5.00. The molecule has 0 aliphatic heterocycles. The average Bonchev–Trinajstić information content (AvgIpc) is 2.76. The van der Waals surface area contributed by atoms with E-state index >= 15 is 0 Å². The topological polar surface area (TPSA) is 30.5 Å². The van der Waals surface area contributed by atoms with Crippen LogP contribution in [0, 0.1) is 0 Å². The maximum Gasteiger partial charge on any atom is 0.175 e. The fourth-order valence-electron chi connectivity index (χ4n) is 3.33. The molecule has 0 bridgehead atoms. The van der Waals surface area contributed by atoms with E-state index < -0.39 is 0 Å². The maximum absolute atomic E-state index is 6.08. The van der Waals surface area contributed by atoms with E-state index in [2.05, 4.69) is 70.6 Å². The van der Waals surface area contributed by atoms with Crippen LogP contribution in [0.2, 0.25) is 5.02 Å². The number of nitrogens with one attached hydrogen (secondary N) is 1. The van der Waals surface area contributed by atoms with Crippen molar-refractivity contribution in [2.75, 3.05) is 6.61 Å². The lowest BCUT2D eigenvalue weighted by molar-refractivity contribution is 0.267. The first-order valence-corrected chi connectivity index (χ1v) is 11.8. The Morgan fingerprint density at radius 3 is 2.45 bits per heavy atom. The van der Waals surface area contributed by atoms with Gasteiger partial charge in [0.1, 0.15) is 6.61 Å². The van der Waals surface area contributed by atoms with E-state index in [-0.39, 0.29) is 0 Å². The zero-order valence-corrected chi connectivity index (χ0v) is 20.4. The molecule has 1 N–H and O–H groups in total. The van der Waals surface area contributed by atoms with Crippen molar-refractivity contribution >= 4 is 27.5 Å². The van der Waals surface area contributed by atoms with Crippen molar-refractivity contribution in [1.29, 1.82) is 0 Å². The Kier molecular flexibility index (Phi) is 9.26. The molecule has 5 heteroatoms. The predicted molar refractivity (Wildman–Crippen MR) is 132 cm³/mol. The average molecular weight is 503 g/mol. The SMILES string of the molecule is CCOc1cc(CNC(C)CCc2ccccc2)cc(Br)c1OCc1cccc(Cl)c1. The molecule has 0 aliphatic carbocycles. The van der Waals surface area contributed by atoms with E-state index in [1.807, 2.05) is 31.2 Å². The van der Waals surface area contributed by atoms with Crippen molar-refractivity contribution in [2.24, 2.45) is 0 Å². The summed E-state index contributed by atoms with van der Waals surface area (Å²) in [5.41, 5.74) is 3.54. The van der Waals surface area contributed by atoms with Crippen molar-refractivity contribution in [3.63, 3.8) is 0 Å². The number of hydrogen-bond donors (Lipinski definition) is 1. The number of aryl methyl sites for hydroxylation is 1. The Morgan fingerprint density at radius 2 is 1.71 bits per heavy atom. The Bertz CT molecular complexity index is 965. The smallest absolute Gasteiger partial charge is 0.175 e. The lowest BCUT2D eigenvalue weighted by Crippen LogP contribution is -2.26. The largest absolute Gasteiger partial charge is 0.490 e. The summed E-state index contributed by atoms with van der Waals surface area (Å²) in [5, 5.41) is 4.32. The van der Waals surface area contributed by atoms with Crippen LogP contribution < -0.4 is 14.8 Å². The molecule has 0 heterocycles. The van der Waals surface area contributed by atoms with Gasteiger partial charge in [-0.1, -0.05) is 54.1 Å². The van der Waals surface area contributed by atoms with E-state index in [9.17, 15) is 0 Å². The summed E-state index contributed by atoms with van der Waals surface area (Å²) >= 11 is 9.75. The van der Waals surface area contributed by atoms with Gasteiger partial charge in [-0.05, 0) is 83.6 Å². The highest BCUT2D eigenvalue weighted by molar-refractivity contribution is 9.10. The van der Waals surface area contributed by atoms with Gasteiger partial charge < -0.3 is 14.8 Å². The second kappa shape index (κ2) is 12.1. The third kappa shape index (κ3) is 7.57. The van der Waals surface area contributed by atoms with Gasteiger partial charge in [0.15, 0.2) is 11.5 Å². The van der Waals surface area contributed by atoms with Gasteiger partial charge >= 0.3 is 0 Å². The first kappa shape index (κ1) is 23.6. The second-order valence-electron chi connectivity index (χ2n) is 7.56. The molecular weight excluding hydrogens is 474 g/mol. The van der Waals surface area contributed by atoms with Crippen molar-refractivity contribution in [2.45, 2.75) is 45.9 Å². The van der Waals surface area contributed by atoms with Crippen LogP contribution in [-0.2, 0) is 19.6 Å². The molecule has 1 atom stereocenters. The summed E-state index contributed by atoms with van der Waals surface area (Å²) in [6, 6.07) is 22.8. The van der Waals surface area contributed by atoms with Crippen LogP contribution in [0.5, 0.6) is 11.5 Å². The van der Waals surface area contributed by atoms with Crippen molar-refractivity contribution < 1.29 is 9.47 Å². The minimum absolute atomic E-state index is 0.410. The minimum atomic E-state index is 0.410. The van der Waals surface area contributed by atoms with Gasteiger partial charge in [0.25, 0.3) is 0 Å². The number of hydrogen-bond acceptors (Lipinski definition) is 3. The molecule has 0 spiro atoms. The van der Waals surface area contributed by atoms with Crippen LogP contribution in [0.3, 0.4) is 0 Å². The minimum Gasteiger partial charge on any atom is -0.490 e. The van der Waals surface area contributed by atoms with Crippen LogP contribution in [0.4, 0.5) is 0 Å². The predicted octanol–water partition coefficient (Wildman–Crippen LogP) is 7.19.